The van der Waals surface area contributed by atoms with E-state index in [1.807, 2.05) is 17.9 Å². The van der Waals surface area contributed by atoms with Gasteiger partial charge in [-0.2, -0.15) is 0 Å². The Labute approximate surface area is 108 Å². The lowest BCUT2D eigenvalue weighted by Gasteiger charge is -2.32. The minimum atomic E-state index is 0.290. The zero-order chi connectivity index (χ0) is 12.8. The highest BCUT2D eigenvalue weighted by Gasteiger charge is 2.22. The quantitative estimate of drug-likeness (QED) is 0.880. The third kappa shape index (κ3) is 3.42. The van der Waals surface area contributed by atoms with Gasteiger partial charge in [-0.05, 0) is 25.3 Å². The molecule has 0 atom stereocenters. The lowest BCUT2D eigenvalue weighted by molar-refractivity contribution is -0.132. The van der Waals surface area contributed by atoms with Crippen LogP contribution in [0.4, 0.5) is 5.82 Å². The van der Waals surface area contributed by atoms with E-state index in [4.69, 9.17) is 0 Å². The standard InChI is InChI=1S/C13H20N4O/c1-2-3-13(18)17-8-5-11(6-9-17)16-12-4-7-14-10-15-12/h4,7,10-11H,2-3,5-6,8-9H2,1H3,(H,14,15,16). The van der Waals surface area contributed by atoms with Crippen molar-refractivity contribution in [2.24, 2.45) is 0 Å². The number of hydrogen-bond acceptors (Lipinski definition) is 4. The predicted molar refractivity (Wildman–Crippen MR) is 70.2 cm³/mol. The maximum atomic E-state index is 11.7. The van der Waals surface area contributed by atoms with Crippen LogP contribution in [0.15, 0.2) is 18.6 Å². The van der Waals surface area contributed by atoms with Crippen molar-refractivity contribution < 1.29 is 4.79 Å². The molecule has 5 nitrogen and oxygen atoms in total. The number of anilines is 1. The summed E-state index contributed by atoms with van der Waals surface area (Å²) in [7, 11) is 0. The average molecular weight is 248 g/mol. The molecule has 0 unspecified atom stereocenters. The third-order valence-corrected chi connectivity index (χ3v) is 3.25. The second-order valence-corrected chi connectivity index (χ2v) is 4.64. The molecule has 1 N–H and O–H groups in total. The fraction of sp³-hybridized carbons (Fsp3) is 0.615. The molecule has 1 aliphatic heterocycles. The van der Waals surface area contributed by atoms with E-state index < -0.39 is 0 Å². The van der Waals surface area contributed by atoms with Gasteiger partial charge in [0.15, 0.2) is 0 Å². The smallest absolute Gasteiger partial charge is 0.222 e. The number of nitrogens with zero attached hydrogens (tertiary/aromatic N) is 3. The number of hydrogen-bond donors (Lipinski definition) is 1. The van der Waals surface area contributed by atoms with Crippen molar-refractivity contribution >= 4 is 11.7 Å². The van der Waals surface area contributed by atoms with Crippen LogP contribution in [0.2, 0.25) is 0 Å². The Hall–Kier alpha value is -1.65. The van der Waals surface area contributed by atoms with Gasteiger partial charge in [-0.25, -0.2) is 9.97 Å². The average Bonchev–Trinajstić information content (AvgIpc) is 2.41. The molecule has 18 heavy (non-hydrogen) atoms. The van der Waals surface area contributed by atoms with E-state index in [1.165, 1.54) is 0 Å². The summed E-state index contributed by atoms with van der Waals surface area (Å²) in [6.45, 7) is 3.74. The number of amides is 1. The number of carbonyl (C=O) groups excluding carboxylic acids is 1. The summed E-state index contributed by atoms with van der Waals surface area (Å²) in [5, 5.41) is 3.38. The van der Waals surface area contributed by atoms with Gasteiger partial charge in [0.1, 0.15) is 12.1 Å². The van der Waals surface area contributed by atoms with Gasteiger partial charge in [-0.15, -0.1) is 0 Å². The fourth-order valence-corrected chi connectivity index (χ4v) is 2.23. The van der Waals surface area contributed by atoms with Gasteiger partial charge in [0, 0.05) is 31.7 Å². The summed E-state index contributed by atoms with van der Waals surface area (Å²) >= 11 is 0. The van der Waals surface area contributed by atoms with Crippen molar-refractivity contribution in [3.63, 3.8) is 0 Å². The fourth-order valence-electron chi connectivity index (χ4n) is 2.23. The Bertz CT molecular complexity index is 374. The largest absolute Gasteiger partial charge is 0.367 e. The predicted octanol–water partition coefficient (Wildman–Crippen LogP) is 1.68. The van der Waals surface area contributed by atoms with E-state index in [0.29, 0.717) is 12.5 Å². The van der Waals surface area contributed by atoms with Crippen LogP contribution in [0.5, 0.6) is 0 Å². The summed E-state index contributed by atoms with van der Waals surface area (Å²) in [6.07, 6.45) is 6.85. The van der Waals surface area contributed by atoms with Crippen LogP contribution in [-0.4, -0.2) is 39.9 Å². The Kier molecular flexibility index (Phi) is 4.50. The molecule has 1 aromatic heterocycles. The van der Waals surface area contributed by atoms with E-state index in [9.17, 15) is 4.79 Å². The van der Waals surface area contributed by atoms with Crippen LogP contribution in [-0.2, 0) is 4.79 Å². The monoisotopic (exact) mass is 248 g/mol. The Balaban J connectivity index is 1.78. The second kappa shape index (κ2) is 6.33. The normalized spacial score (nSPS) is 16.6. The summed E-state index contributed by atoms with van der Waals surface area (Å²) in [6, 6.07) is 2.28. The molecular weight excluding hydrogens is 228 g/mol. The van der Waals surface area contributed by atoms with Crippen molar-refractivity contribution in [2.45, 2.75) is 38.6 Å². The van der Waals surface area contributed by atoms with Crippen LogP contribution < -0.4 is 5.32 Å². The third-order valence-electron chi connectivity index (χ3n) is 3.25. The van der Waals surface area contributed by atoms with Crippen molar-refractivity contribution in [2.75, 3.05) is 18.4 Å². The zero-order valence-corrected chi connectivity index (χ0v) is 10.8. The summed E-state index contributed by atoms with van der Waals surface area (Å²) in [5.74, 6) is 1.15. The second-order valence-electron chi connectivity index (χ2n) is 4.64. The van der Waals surface area contributed by atoms with E-state index in [0.717, 1.165) is 38.2 Å². The Morgan fingerprint density at radius 2 is 2.28 bits per heavy atom. The van der Waals surface area contributed by atoms with Crippen LogP contribution in [0, 0.1) is 0 Å². The molecule has 0 aromatic carbocycles. The molecule has 2 rings (SSSR count). The maximum Gasteiger partial charge on any atom is 0.222 e. The first-order chi connectivity index (χ1) is 8.79. The summed E-state index contributed by atoms with van der Waals surface area (Å²) < 4.78 is 0. The molecule has 0 bridgehead atoms. The van der Waals surface area contributed by atoms with Gasteiger partial charge in [-0.1, -0.05) is 6.92 Å². The van der Waals surface area contributed by atoms with Gasteiger partial charge < -0.3 is 10.2 Å². The topological polar surface area (TPSA) is 58.1 Å². The molecule has 1 fully saturated rings. The molecule has 0 radical (unpaired) electrons. The highest BCUT2D eigenvalue weighted by Crippen LogP contribution is 2.15. The lowest BCUT2D eigenvalue weighted by Crippen LogP contribution is -2.42. The Morgan fingerprint density at radius 3 is 2.89 bits per heavy atom. The maximum absolute atomic E-state index is 11.7. The molecule has 0 saturated carbocycles. The lowest BCUT2D eigenvalue weighted by atomic mass is 10.0. The zero-order valence-electron chi connectivity index (χ0n) is 10.8. The number of rotatable bonds is 4. The highest BCUT2D eigenvalue weighted by molar-refractivity contribution is 5.76. The van der Waals surface area contributed by atoms with Crippen LogP contribution >= 0.6 is 0 Å². The number of aromatic nitrogens is 2. The van der Waals surface area contributed by atoms with Crippen molar-refractivity contribution in [3.05, 3.63) is 18.6 Å². The van der Waals surface area contributed by atoms with E-state index >= 15 is 0 Å². The number of carbonyl (C=O) groups is 1. The first-order valence-electron chi connectivity index (χ1n) is 6.60. The number of nitrogens with one attached hydrogen (secondary N) is 1. The molecule has 2 heterocycles. The summed E-state index contributed by atoms with van der Waals surface area (Å²) in [5.41, 5.74) is 0. The van der Waals surface area contributed by atoms with Crippen molar-refractivity contribution in [1.29, 1.82) is 0 Å². The van der Waals surface area contributed by atoms with Crippen LogP contribution in [0.25, 0.3) is 0 Å². The molecular formula is C13H20N4O. The Morgan fingerprint density at radius 1 is 1.50 bits per heavy atom. The molecule has 1 aromatic rings. The molecule has 1 saturated heterocycles. The van der Waals surface area contributed by atoms with Crippen LogP contribution in [0.3, 0.4) is 0 Å². The van der Waals surface area contributed by atoms with Gasteiger partial charge in [0.25, 0.3) is 0 Å². The minimum absolute atomic E-state index is 0.290. The van der Waals surface area contributed by atoms with E-state index in [2.05, 4.69) is 15.3 Å². The SMILES string of the molecule is CCCC(=O)N1CCC(Nc2ccncn2)CC1. The molecule has 1 aliphatic rings. The van der Waals surface area contributed by atoms with Gasteiger partial charge in [0.2, 0.25) is 5.91 Å². The molecule has 1 amide bonds. The number of piperidine rings is 1. The number of likely N-dealkylation sites (tertiary alicyclic amines) is 1. The van der Waals surface area contributed by atoms with E-state index in [1.54, 1.807) is 12.5 Å². The van der Waals surface area contributed by atoms with Gasteiger partial charge in [-0.3, -0.25) is 4.79 Å². The van der Waals surface area contributed by atoms with Crippen molar-refractivity contribution in [1.82, 2.24) is 14.9 Å². The molecule has 5 heteroatoms. The van der Waals surface area contributed by atoms with Crippen LogP contribution in [0.1, 0.15) is 32.6 Å². The highest BCUT2D eigenvalue weighted by atomic mass is 16.2. The van der Waals surface area contributed by atoms with E-state index in [-0.39, 0.29) is 5.91 Å². The minimum Gasteiger partial charge on any atom is -0.367 e. The van der Waals surface area contributed by atoms with Crippen molar-refractivity contribution in [3.8, 4) is 0 Å². The molecule has 0 spiro atoms. The van der Waals surface area contributed by atoms with Gasteiger partial charge in [0.05, 0.1) is 0 Å². The summed E-state index contributed by atoms with van der Waals surface area (Å²) in [4.78, 5) is 21.8. The molecule has 0 aliphatic carbocycles. The molecule has 98 valence electrons. The first kappa shape index (κ1) is 12.8. The van der Waals surface area contributed by atoms with Gasteiger partial charge >= 0.3 is 0 Å². The first-order valence-corrected chi connectivity index (χ1v) is 6.60.